The maximum Gasteiger partial charge on any atom is 0.241 e. The molecular weight excluding hydrogens is 334 g/mol. The van der Waals surface area contributed by atoms with Crippen LogP contribution < -0.4 is 0 Å². The van der Waals surface area contributed by atoms with Gasteiger partial charge in [-0.25, -0.2) is 8.78 Å². The standard InChI is InChI=1S/C22H28F2O2/c1-4-22(26)8-7-17-18-12(2)9-13-10-14(25)5-6-15(13)19(18)16(20(23)24)11-21(17,22)3/h1,10,12,15-20,26H,5-9,11H2,2-3H3/t12-,15+,16+,17+,18+,19+,21+,22-/m1/s1. The molecule has 0 heterocycles. The number of halogens is 2. The first kappa shape index (κ1) is 18.2. The Balaban J connectivity index is 1.80. The Morgan fingerprint density at radius 2 is 2.08 bits per heavy atom. The molecule has 0 radical (unpaired) electrons. The molecule has 0 aliphatic heterocycles. The third kappa shape index (κ3) is 2.29. The summed E-state index contributed by atoms with van der Waals surface area (Å²) in [6, 6.07) is 0. The number of allylic oxidation sites excluding steroid dienone is 1. The summed E-state index contributed by atoms with van der Waals surface area (Å²) < 4.78 is 28.4. The van der Waals surface area contributed by atoms with E-state index in [-0.39, 0.29) is 41.8 Å². The number of aliphatic hydroxyl groups is 1. The molecule has 0 aromatic carbocycles. The van der Waals surface area contributed by atoms with E-state index in [0.29, 0.717) is 19.3 Å². The highest BCUT2D eigenvalue weighted by Gasteiger charge is 2.66. The Hall–Kier alpha value is -1.21. The molecule has 1 N–H and O–H groups in total. The number of hydrogen-bond donors (Lipinski definition) is 1. The highest BCUT2D eigenvalue weighted by molar-refractivity contribution is 5.91. The zero-order valence-electron chi connectivity index (χ0n) is 15.6. The van der Waals surface area contributed by atoms with Gasteiger partial charge in [-0.3, -0.25) is 4.79 Å². The summed E-state index contributed by atoms with van der Waals surface area (Å²) in [4.78, 5) is 11.9. The molecule has 0 spiro atoms. The third-order valence-corrected chi connectivity index (χ3v) is 8.41. The minimum absolute atomic E-state index is 0.0944. The lowest BCUT2D eigenvalue weighted by molar-refractivity contribution is -0.154. The van der Waals surface area contributed by atoms with Gasteiger partial charge in [0.15, 0.2) is 5.78 Å². The summed E-state index contributed by atoms with van der Waals surface area (Å²) in [5.74, 6) is 2.50. The number of terminal acetylenes is 1. The largest absolute Gasteiger partial charge is 0.377 e. The number of carbonyl (C=O) groups is 1. The summed E-state index contributed by atoms with van der Waals surface area (Å²) >= 11 is 0. The molecular formula is C22H28F2O2. The highest BCUT2D eigenvalue weighted by Crippen LogP contribution is 2.67. The van der Waals surface area contributed by atoms with Crippen LogP contribution in [0.4, 0.5) is 8.78 Å². The summed E-state index contributed by atoms with van der Waals surface area (Å²) in [7, 11) is 0. The van der Waals surface area contributed by atoms with Gasteiger partial charge in [0.05, 0.1) is 0 Å². The normalized spacial score (nSPS) is 50.5. The maximum absolute atomic E-state index is 14.2. The SMILES string of the molecule is C#C[C@@]1(O)CC[C@H]2[C@H]3[C@H]([C@@H](C(F)F)C[C@@]21C)[C@H]1CCC(=O)C=C1C[C@H]3C. The van der Waals surface area contributed by atoms with Crippen molar-refractivity contribution in [1.82, 2.24) is 0 Å². The van der Waals surface area contributed by atoms with Crippen molar-refractivity contribution in [3.8, 4) is 12.3 Å². The molecule has 0 aromatic heterocycles. The van der Waals surface area contributed by atoms with Crippen molar-refractivity contribution in [2.45, 2.75) is 64.4 Å². The number of ketones is 1. The molecule has 3 fully saturated rings. The molecule has 4 aliphatic carbocycles. The minimum atomic E-state index is -2.42. The molecule has 0 bridgehead atoms. The average molecular weight is 362 g/mol. The van der Waals surface area contributed by atoms with E-state index in [1.165, 1.54) is 0 Å². The molecule has 0 aromatic rings. The van der Waals surface area contributed by atoms with Gasteiger partial charge in [-0.1, -0.05) is 25.3 Å². The predicted octanol–water partition coefficient (Wildman–Crippen LogP) is 4.23. The minimum Gasteiger partial charge on any atom is -0.377 e. The lowest BCUT2D eigenvalue weighted by atomic mass is 9.45. The third-order valence-electron chi connectivity index (χ3n) is 8.41. The van der Waals surface area contributed by atoms with Crippen LogP contribution in [0.5, 0.6) is 0 Å². The number of carbonyl (C=O) groups excluding carboxylic acids is 1. The number of alkyl halides is 2. The van der Waals surface area contributed by atoms with Gasteiger partial charge in [0.2, 0.25) is 6.43 Å². The first-order valence-electron chi connectivity index (χ1n) is 9.93. The van der Waals surface area contributed by atoms with Crippen molar-refractivity contribution in [2.75, 3.05) is 0 Å². The molecule has 26 heavy (non-hydrogen) atoms. The topological polar surface area (TPSA) is 37.3 Å². The van der Waals surface area contributed by atoms with Gasteiger partial charge in [0.1, 0.15) is 5.60 Å². The number of fused-ring (bicyclic) bond motifs is 5. The van der Waals surface area contributed by atoms with E-state index in [0.717, 1.165) is 18.4 Å². The van der Waals surface area contributed by atoms with Crippen molar-refractivity contribution in [3.05, 3.63) is 11.6 Å². The van der Waals surface area contributed by atoms with Crippen molar-refractivity contribution in [2.24, 2.45) is 40.9 Å². The van der Waals surface area contributed by atoms with Crippen LogP contribution in [-0.4, -0.2) is 22.9 Å². The number of rotatable bonds is 1. The van der Waals surface area contributed by atoms with Gasteiger partial charge >= 0.3 is 0 Å². The average Bonchev–Trinajstić information content (AvgIpc) is 2.85. The molecule has 2 nitrogen and oxygen atoms in total. The van der Waals surface area contributed by atoms with Gasteiger partial charge in [-0.05, 0) is 67.8 Å². The van der Waals surface area contributed by atoms with Crippen LogP contribution in [0.1, 0.15) is 52.4 Å². The second kappa shape index (κ2) is 5.89. The molecule has 3 saturated carbocycles. The van der Waals surface area contributed by atoms with E-state index in [9.17, 15) is 18.7 Å². The fourth-order valence-electron chi connectivity index (χ4n) is 7.26. The first-order valence-corrected chi connectivity index (χ1v) is 9.93. The van der Waals surface area contributed by atoms with Gasteiger partial charge in [-0.2, -0.15) is 0 Å². The highest BCUT2D eigenvalue weighted by atomic mass is 19.3. The van der Waals surface area contributed by atoms with E-state index in [1.807, 2.05) is 6.92 Å². The van der Waals surface area contributed by atoms with Gasteiger partial charge in [0.25, 0.3) is 0 Å². The van der Waals surface area contributed by atoms with Crippen molar-refractivity contribution < 1.29 is 18.7 Å². The number of hydrogen-bond acceptors (Lipinski definition) is 2. The van der Waals surface area contributed by atoms with Crippen LogP contribution in [0.25, 0.3) is 0 Å². The Bertz CT molecular complexity index is 693. The summed E-state index contributed by atoms with van der Waals surface area (Å²) in [6.45, 7) is 4.08. The van der Waals surface area contributed by atoms with E-state index >= 15 is 0 Å². The molecule has 4 rings (SSSR count). The molecule has 142 valence electrons. The fourth-order valence-corrected chi connectivity index (χ4v) is 7.26. The van der Waals surface area contributed by atoms with Crippen LogP contribution in [-0.2, 0) is 4.79 Å². The Morgan fingerprint density at radius 1 is 1.35 bits per heavy atom. The second-order valence-electron chi connectivity index (χ2n) is 9.44. The van der Waals surface area contributed by atoms with Crippen LogP contribution in [0.2, 0.25) is 0 Å². The van der Waals surface area contributed by atoms with E-state index < -0.39 is 23.4 Å². The maximum atomic E-state index is 14.2. The van der Waals surface area contributed by atoms with E-state index in [4.69, 9.17) is 6.42 Å². The van der Waals surface area contributed by atoms with Crippen LogP contribution in [0.3, 0.4) is 0 Å². The second-order valence-corrected chi connectivity index (χ2v) is 9.44. The first-order chi connectivity index (χ1) is 12.2. The van der Waals surface area contributed by atoms with Crippen molar-refractivity contribution in [1.29, 1.82) is 0 Å². The lowest BCUT2D eigenvalue weighted by Crippen LogP contribution is -2.58. The lowest BCUT2D eigenvalue weighted by Gasteiger charge is -2.59. The molecule has 0 saturated heterocycles. The molecule has 0 unspecified atom stereocenters. The Kier molecular flexibility index (Phi) is 4.12. The Labute approximate surface area is 154 Å². The summed E-state index contributed by atoms with van der Waals surface area (Å²) in [5.41, 5.74) is -0.840. The molecule has 4 aliphatic rings. The molecule has 0 amide bonds. The van der Waals surface area contributed by atoms with Crippen molar-refractivity contribution >= 4 is 5.78 Å². The zero-order chi connectivity index (χ0) is 18.9. The van der Waals surface area contributed by atoms with E-state index in [1.54, 1.807) is 6.08 Å². The van der Waals surface area contributed by atoms with Crippen LogP contribution in [0, 0.1) is 53.3 Å². The van der Waals surface area contributed by atoms with Gasteiger partial charge in [0, 0.05) is 17.8 Å². The Morgan fingerprint density at radius 3 is 2.73 bits per heavy atom. The predicted molar refractivity (Wildman–Crippen MR) is 95.3 cm³/mol. The van der Waals surface area contributed by atoms with Gasteiger partial charge in [-0.15, -0.1) is 6.42 Å². The summed E-state index contributed by atoms with van der Waals surface area (Å²) in [5, 5.41) is 11.1. The quantitative estimate of drug-likeness (QED) is 0.709. The zero-order valence-corrected chi connectivity index (χ0v) is 15.6. The monoisotopic (exact) mass is 362 g/mol. The smallest absolute Gasteiger partial charge is 0.241 e. The fraction of sp³-hybridized carbons (Fsp3) is 0.773. The van der Waals surface area contributed by atoms with Crippen LogP contribution in [0.15, 0.2) is 11.6 Å². The molecule has 8 atom stereocenters. The van der Waals surface area contributed by atoms with Crippen molar-refractivity contribution in [3.63, 3.8) is 0 Å². The van der Waals surface area contributed by atoms with E-state index in [2.05, 4.69) is 12.8 Å². The summed E-state index contributed by atoms with van der Waals surface area (Å²) in [6.07, 6.45) is 8.56. The van der Waals surface area contributed by atoms with Crippen LogP contribution >= 0.6 is 0 Å². The molecule has 4 heteroatoms. The van der Waals surface area contributed by atoms with Gasteiger partial charge < -0.3 is 5.11 Å².